The van der Waals surface area contributed by atoms with Gasteiger partial charge in [0.05, 0.1) is 22.5 Å². The van der Waals surface area contributed by atoms with Crippen molar-refractivity contribution in [1.82, 2.24) is 0 Å². The van der Waals surface area contributed by atoms with Gasteiger partial charge in [-0.1, -0.05) is 0 Å². The smallest absolute Gasteiger partial charge is 0.293 e. The van der Waals surface area contributed by atoms with Gasteiger partial charge >= 0.3 is 0 Å². The second-order valence-electron chi connectivity index (χ2n) is 4.58. The Morgan fingerprint density at radius 2 is 2.20 bits per heavy atom. The van der Waals surface area contributed by atoms with Crippen molar-refractivity contribution in [2.24, 2.45) is 5.14 Å². The standard InChI is InChI=1S/C11H15N3O5S/c1-13(8-4-5-19-7-8)10-3-2-9(20(12,17)18)6-11(10)14(15)16/h2-3,6,8H,4-5,7H2,1H3,(H2,12,17,18). The minimum absolute atomic E-state index is 0.0361. The lowest BCUT2D eigenvalue weighted by Crippen LogP contribution is -2.32. The number of sulfonamides is 1. The fourth-order valence-corrected chi connectivity index (χ4v) is 2.68. The molecule has 1 aromatic carbocycles. The Labute approximate surface area is 116 Å². The summed E-state index contributed by atoms with van der Waals surface area (Å²) in [6.45, 7) is 1.10. The summed E-state index contributed by atoms with van der Waals surface area (Å²) in [5.74, 6) is 0. The van der Waals surface area contributed by atoms with E-state index in [1.165, 1.54) is 12.1 Å². The van der Waals surface area contributed by atoms with Gasteiger partial charge in [-0.25, -0.2) is 13.6 Å². The molecule has 1 aliphatic heterocycles. The molecule has 1 aromatic rings. The highest BCUT2D eigenvalue weighted by Crippen LogP contribution is 2.32. The van der Waals surface area contributed by atoms with Crippen LogP contribution in [-0.4, -0.2) is 39.6 Å². The zero-order valence-corrected chi connectivity index (χ0v) is 11.7. The van der Waals surface area contributed by atoms with Crippen molar-refractivity contribution in [3.63, 3.8) is 0 Å². The largest absolute Gasteiger partial charge is 0.379 e. The number of nitro groups is 1. The van der Waals surface area contributed by atoms with Crippen LogP contribution >= 0.6 is 0 Å². The average Bonchev–Trinajstić information content (AvgIpc) is 2.89. The first kappa shape index (κ1) is 14.7. The van der Waals surface area contributed by atoms with Crippen LogP contribution in [0.25, 0.3) is 0 Å². The van der Waals surface area contributed by atoms with Crippen molar-refractivity contribution in [2.75, 3.05) is 25.2 Å². The van der Waals surface area contributed by atoms with E-state index in [0.717, 1.165) is 12.5 Å². The molecule has 0 aliphatic carbocycles. The zero-order chi connectivity index (χ0) is 14.9. The summed E-state index contributed by atoms with van der Waals surface area (Å²) in [5, 5.41) is 16.1. The fraction of sp³-hybridized carbons (Fsp3) is 0.455. The number of anilines is 1. The maximum Gasteiger partial charge on any atom is 0.293 e. The molecule has 2 N–H and O–H groups in total. The van der Waals surface area contributed by atoms with Gasteiger partial charge in [-0.05, 0) is 18.6 Å². The summed E-state index contributed by atoms with van der Waals surface area (Å²) >= 11 is 0. The molecule has 0 bridgehead atoms. The summed E-state index contributed by atoms with van der Waals surface area (Å²) < 4.78 is 27.8. The maximum absolute atomic E-state index is 11.3. The molecule has 1 saturated heterocycles. The van der Waals surface area contributed by atoms with Crippen LogP contribution in [0.5, 0.6) is 0 Å². The minimum Gasteiger partial charge on any atom is -0.379 e. The lowest BCUT2D eigenvalue weighted by atomic mass is 10.2. The number of rotatable bonds is 4. The topological polar surface area (TPSA) is 116 Å². The average molecular weight is 301 g/mol. The van der Waals surface area contributed by atoms with Crippen LogP contribution in [-0.2, 0) is 14.8 Å². The van der Waals surface area contributed by atoms with Gasteiger partial charge in [0, 0.05) is 19.7 Å². The fourth-order valence-electron chi connectivity index (χ4n) is 2.15. The zero-order valence-electron chi connectivity index (χ0n) is 10.9. The SMILES string of the molecule is CN(c1ccc(S(N)(=O)=O)cc1[N+](=O)[O-])C1CCOC1. The molecular formula is C11H15N3O5S. The number of benzene rings is 1. The van der Waals surface area contributed by atoms with E-state index >= 15 is 0 Å². The van der Waals surface area contributed by atoms with Crippen LogP contribution in [0.3, 0.4) is 0 Å². The molecule has 1 atom stereocenters. The van der Waals surface area contributed by atoms with Crippen LogP contribution in [0.15, 0.2) is 23.1 Å². The van der Waals surface area contributed by atoms with Crippen LogP contribution in [0.1, 0.15) is 6.42 Å². The van der Waals surface area contributed by atoms with Crippen molar-refractivity contribution in [1.29, 1.82) is 0 Å². The van der Waals surface area contributed by atoms with E-state index in [1.807, 2.05) is 0 Å². The quantitative estimate of drug-likeness (QED) is 0.638. The monoisotopic (exact) mass is 301 g/mol. The van der Waals surface area contributed by atoms with E-state index < -0.39 is 14.9 Å². The number of nitro benzene ring substituents is 1. The van der Waals surface area contributed by atoms with E-state index in [0.29, 0.717) is 18.9 Å². The number of primary sulfonamides is 1. The molecule has 9 heteroatoms. The van der Waals surface area contributed by atoms with E-state index in [9.17, 15) is 18.5 Å². The third-order valence-corrected chi connectivity index (χ3v) is 4.22. The van der Waals surface area contributed by atoms with Gasteiger partial charge in [0.1, 0.15) is 5.69 Å². The van der Waals surface area contributed by atoms with Gasteiger partial charge in [-0.2, -0.15) is 0 Å². The Bertz CT molecular complexity index is 625. The summed E-state index contributed by atoms with van der Waals surface area (Å²) in [4.78, 5) is 12.0. The van der Waals surface area contributed by atoms with Crippen LogP contribution in [0, 0.1) is 10.1 Å². The van der Waals surface area contributed by atoms with Crippen molar-refractivity contribution >= 4 is 21.4 Å². The van der Waals surface area contributed by atoms with Crippen molar-refractivity contribution < 1.29 is 18.1 Å². The number of hydrogen-bond acceptors (Lipinski definition) is 6. The molecule has 0 aromatic heterocycles. The molecule has 110 valence electrons. The molecular weight excluding hydrogens is 286 g/mol. The van der Waals surface area contributed by atoms with Gasteiger partial charge in [0.25, 0.3) is 5.69 Å². The predicted octanol–water partition coefficient (Wildman–Crippen LogP) is 0.467. The molecule has 0 radical (unpaired) electrons. The maximum atomic E-state index is 11.3. The molecule has 1 fully saturated rings. The summed E-state index contributed by atoms with van der Waals surface area (Å²) in [7, 11) is -2.25. The van der Waals surface area contributed by atoms with E-state index in [2.05, 4.69) is 0 Å². The first-order valence-electron chi connectivity index (χ1n) is 5.92. The number of nitrogens with two attached hydrogens (primary N) is 1. The molecule has 0 spiro atoms. The van der Waals surface area contributed by atoms with Gasteiger partial charge < -0.3 is 9.64 Å². The first-order chi connectivity index (χ1) is 9.30. The van der Waals surface area contributed by atoms with Gasteiger partial charge in [-0.3, -0.25) is 10.1 Å². The Morgan fingerprint density at radius 1 is 1.50 bits per heavy atom. The van der Waals surface area contributed by atoms with E-state index in [-0.39, 0.29) is 16.6 Å². The van der Waals surface area contributed by atoms with Crippen molar-refractivity contribution in [3.8, 4) is 0 Å². The van der Waals surface area contributed by atoms with Gasteiger partial charge in [0.2, 0.25) is 10.0 Å². The highest BCUT2D eigenvalue weighted by atomic mass is 32.2. The van der Waals surface area contributed by atoms with Crippen molar-refractivity contribution in [3.05, 3.63) is 28.3 Å². The third kappa shape index (κ3) is 2.89. The molecule has 0 amide bonds. The first-order valence-corrected chi connectivity index (χ1v) is 7.47. The molecule has 20 heavy (non-hydrogen) atoms. The number of hydrogen-bond donors (Lipinski definition) is 1. The van der Waals surface area contributed by atoms with Crippen LogP contribution in [0.4, 0.5) is 11.4 Å². The molecule has 1 aliphatic rings. The van der Waals surface area contributed by atoms with E-state index in [1.54, 1.807) is 11.9 Å². The number of ether oxygens (including phenoxy) is 1. The Kier molecular flexibility index (Phi) is 3.93. The highest BCUT2D eigenvalue weighted by Gasteiger charge is 2.27. The van der Waals surface area contributed by atoms with Gasteiger partial charge in [0.15, 0.2) is 0 Å². The molecule has 2 rings (SSSR count). The third-order valence-electron chi connectivity index (χ3n) is 3.31. The predicted molar refractivity (Wildman–Crippen MR) is 72.1 cm³/mol. The lowest BCUT2D eigenvalue weighted by Gasteiger charge is -2.25. The van der Waals surface area contributed by atoms with Crippen LogP contribution in [0.2, 0.25) is 0 Å². The molecule has 1 unspecified atom stereocenters. The number of nitrogens with zero attached hydrogens (tertiary/aromatic N) is 2. The van der Waals surface area contributed by atoms with Crippen molar-refractivity contribution in [2.45, 2.75) is 17.4 Å². The van der Waals surface area contributed by atoms with E-state index in [4.69, 9.17) is 9.88 Å². The minimum atomic E-state index is -3.97. The summed E-state index contributed by atoms with van der Waals surface area (Å²) in [6, 6.07) is 3.69. The Morgan fingerprint density at radius 3 is 2.70 bits per heavy atom. The number of likely N-dealkylation sites (N-methyl/N-ethyl adjacent to an activating group) is 1. The lowest BCUT2D eigenvalue weighted by molar-refractivity contribution is -0.384. The molecule has 8 nitrogen and oxygen atoms in total. The molecule has 1 heterocycles. The van der Waals surface area contributed by atoms with Gasteiger partial charge in [-0.15, -0.1) is 0 Å². The Balaban J connectivity index is 2.45. The highest BCUT2D eigenvalue weighted by molar-refractivity contribution is 7.89. The summed E-state index contributed by atoms with van der Waals surface area (Å²) in [5.41, 5.74) is 0.0591. The summed E-state index contributed by atoms with van der Waals surface area (Å²) in [6.07, 6.45) is 0.768. The molecule has 0 saturated carbocycles. The second kappa shape index (κ2) is 5.35. The Hall–Kier alpha value is -1.71. The normalized spacial score (nSPS) is 19.0. The second-order valence-corrected chi connectivity index (χ2v) is 6.14. The van der Waals surface area contributed by atoms with Crippen LogP contribution < -0.4 is 10.0 Å².